The number of nitrogens with one attached hydrogen (secondary N) is 2. The van der Waals surface area contributed by atoms with E-state index < -0.39 is 11.1 Å². The molecule has 188 valence electrons. The lowest BCUT2D eigenvalue weighted by Crippen LogP contribution is -2.38. The number of hydrogen-bond acceptors (Lipinski definition) is 6. The molecule has 0 radical (unpaired) electrons. The van der Waals surface area contributed by atoms with Crippen molar-refractivity contribution in [3.8, 4) is 0 Å². The summed E-state index contributed by atoms with van der Waals surface area (Å²) in [6.07, 6.45) is 2.38. The van der Waals surface area contributed by atoms with Crippen molar-refractivity contribution in [3.05, 3.63) is 69.8 Å². The fourth-order valence-electron chi connectivity index (χ4n) is 5.81. The highest BCUT2D eigenvalue weighted by atomic mass is 16.2. The van der Waals surface area contributed by atoms with Crippen LogP contribution in [0.5, 0.6) is 0 Å². The average molecular weight is 500 g/mol. The maximum atomic E-state index is 13.1. The van der Waals surface area contributed by atoms with Crippen molar-refractivity contribution in [1.29, 1.82) is 0 Å². The van der Waals surface area contributed by atoms with Crippen molar-refractivity contribution >= 4 is 46.0 Å². The average Bonchev–Trinajstić information content (AvgIpc) is 3.48. The Balaban J connectivity index is 1.26. The summed E-state index contributed by atoms with van der Waals surface area (Å²) in [5, 5.41) is 5.70. The molecule has 1 fully saturated rings. The second kappa shape index (κ2) is 7.92. The van der Waals surface area contributed by atoms with Gasteiger partial charge in [-0.2, -0.15) is 0 Å². The molecule has 11 heteroatoms. The first kappa shape index (κ1) is 22.8. The summed E-state index contributed by atoms with van der Waals surface area (Å²) in [4.78, 5) is 57.0. The third kappa shape index (κ3) is 3.16. The van der Waals surface area contributed by atoms with E-state index in [1.165, 1.54) is 20.2 Å². The van der Waals surface area contributed by atoms with Crippen LogP contribution in [-0.2, 0) is 40.3 Å². The summed E-state index contributed by atoms with van der Waals surface area (Å²) in [6.45, 7) is -0.273. The van der Waals surface area contributed by atoms with Crippen molar-refractivity contribution < 1.29 is 14.4 Å². The summed E-state index contributed by atoms with van der Waals surface area (Å²) >= 11 is 0. The highest BCUT2D eigenvalue weighted by molar-refractivity contribution is 6.20. The van der Waals surface area contributed by atoms with Gasteiger partial charge in [-0.15, -0.1) is 0 Å². The number of anilines is 2. The molecule has 0 bridgehead atoms. The fourth-order valence-corrected chi connectivity index (χ4v) is 5.81. The molecule has 1 saturated heterocycles. The van der Waals surface area contributed by atoms with Gasteiger partial charge in [-0.3, -0.25) is 28.5 Å². The number of hydrogen-bond donors (Lipinski definition) is 3. The Kier molecular flexibility index (Phi) is 4.87. The number of para-hydroxylation sites is 1. The van der Waals surface area contributed by atoms with Crippen molar-refractivity contribution in [2.75, 3.05) is 24.3 Å². The summed E-state index contributed by atoms with van der Waals surface area (Å²) in [5.74, 6) is -0.220. The van der Waals surface area contributed by atoms with Crippen LogP contribution in [0, 0.1) is 5.41 Å². The molecule has 3 aromatic rings. The number of amidine groups is 1. The van der Waals surface area contributed by atoms with E-state index in [2.05, 4.69) is 15.6 Å². The number of carbonyl (C=O) groups excluding carboxylic acids is 3. The SMILES string of the molecule is CN=C1NC(=O)C2(Cc3ccc(NC(=O)Cn4c(=O)n5c6c(cccc64)N(C)C(=O)C5)cc3C2)C1=CN. The quantitative estimate of drug-likeness (QED) is 0.481. The van der Waals surface area contributed by atoms with Crippen LogP contribution in [0.25, 0.3) is 11.0 Å². The van der Waals surface area contributed by atoms with Crippen LogP contribution in [0.2, 0.25) is 0 Å². The molecule has 2 aromatic carbocycles. The van der Waals surface area contributed by atoms with Gasteiger partial charge < -0.3 is 21.3 Å². The number of nitrogens with zero attached hydrogens (tertiary/aromatic N) is 4. The van der Waals surface area contributed by atoms with Crippen molar-refractivity contribution in [2.24, 2.45) is 16.1 Å². The third-order valence-corrected chi connectivity index (χ3v) is 7.65. The number of benzene rings is 2. The summed E-state index contributed by atoms with van der Waals surface area (Å²) in [6, 6.07) is 10.9. The van der Waals surface area contributed by atoms with Crippen LogP contribution < -0.4 is 27.0 Å². The Hall–Kier alpha value is -4.67. The molecule has 4 N–H and O–H groups in total. The topological polar surface area (TPSA) is 144 Å². The molecular formula is C26H25N7O4. The Morgan fingerprint density at radius 2 is 1.97 bits per heavy atom. The molecule has 1 aromatic heterocycles. The second-order valence-electron chi connectivity index (χ2n) is 9.63. The van der Waals surface area contributed by atoms with Gasteiger partial charge in [0.05, 0.1) is 22.1 Å². The number of carbonyl (C=O) groups is 3. The highest BCUT2D eigenvalue weighted by Gasteiger charge is 2.53. The number of aliphatic imine (C=N–C) groups is 1. The minimum absolute atomic E-state index is 0.0682. The lowest BCUT2D eigenvalue weighted by molar-refractivity contribution is -0.125. The number of imidazole rings is 1. The van der Waals surface area contributed by atoms with Crippen LogP contribution in [0.1, 0.15) is 11.1 Å². The van der Waals surface area contributed by atoms with Gasteiger partial charge in [0, 0.05) is 31.6 Å². The van der Waals surface area contributed by atoms with E-state index in [1.807, 2.05) is 12.1 Å². The van der Waals surface area contributed by atoms with Gasteiger partial charge in [0.2, 0.25) is 17.7 Å². The van der Waals surface area contributed by atoms with Gasteiger partial charge in [0.1, 0.15) is 18.9 Å². The molecule has 3 amide bonds. The summed E-state index contributed by atoms with van der Waals surface area (Å²) < 4.78 is 2.80. The van der Waals surface area contributed by atoms with Gasteiger partial charge in [-0.1, -0.05) is 12.1 Å². The van der Waals surface area contributed by atoms with E-state index >= 15 is 0 Å². The fraction of sp³-hybridized carbons (Fsp3) is 0.269. The van der Waals surface area contributed by atoms with Crippen LogP contribution in [0.4, 0.5) is 11.4 Å². The van der Waals surface area contributed by atoms with Crippen LogP contribution in [-0.4, -0.2) is 46.8 Å². The molecule has 0 saturated carbocycles. The molecule has 1 aliphatic carbocycles. The van der Waals surface area contributed by atoms with E-state index in [-0.39, 0.29) is 30.8 Å². The summed E-state index contributed by atoms with van der Waals surface area (Å²) in [7, 11) is 3.28. The minimum atomic E-state index is -0.807. The second-order valence-corrected chi connectivity index (χ2v) is 9.63. The zero-order valence-electron chi connectivity index (χ0n) is 20.4. The van der Waals surface area contributed by atoms with E-state index in [9.17, 15) is 19.2 Å². The third-order valence-electron chi connectivity index (χ3n) is 7.65. The predicted molar refractivity (Wildman–Crippen MR) is 138 cm³/mol. The molecule has 37 heavy (non-hydrogen) atoms. The van der Waals surface area contributed by atoms with E-state index in [4.69, 9.17) is 5.73 Å². The van der Waals surface area contributed by atoms with Gasteiger partial charge in [0.15, 0.2) is 0 Å². The number of fused-ring (bicyclic) bond motifs is 1. The van der Waals surface area contributed by atoms with Gasteiger partial charge in [0.25, 0.3) is 0 Å². The predicted octanol–water partition coefficient (Wildman–Crippen LogP) is 0.504. The standard InChI is InChI=1S/C26H25N7O4/c1-28-23-17(11-27)26(24(36)30-23)9-14-6-7-16(8-15(14)10-26)29-20(34)12-32-19-5-3-4-18-22(19)33(25(32)37)13-21(35)31(18)2/h3-8,11H,9-10,12-13,27H2,1-2H3,(H,29,34)(H,28,30,36). The first-order valence-corrected chi connectivity index (χ1v) is 11.9. The Labute approximate surface area is 211 Å². The molecule has 3 heterocycles. The van der Waals surface area contributed by atoms with Crippen LogP contribution in [0.3, 0.4) is 0 Å². The number of nitrogens with two attached hydrogens (primary N) is 1. The van der Waals surface area contributed by atoms with Crippen molar-refractivity contribution in [2.45, 2.75) is 25.9 Å². The van der Waals surface area contributed by atoms with Crippen molar-refractivity contribution in [3.63, 3.8) is 0 Å². The number of rotatable bonds is 3. The molecule has 1 spiro atoms. The van der Waals surface area contributed by atoms with Crippen LogP contribution in [0.15, 0.2) is 58.0 Å². The normalized spacial score (nSPS) is 22.4. The lowest BCUT2D eigenvalue weighted by atomic mass is 9.79. The van der Waals surface area contributed by atoms with E-state index in [0.29, 0.717) is 46.7 Å². The monoisotopic (exact) mass is 499 g/mol. The first-order valence-electron chi connectivity index (χ1n) is 11.9. The van der Waals surface area contributed by atoms with Crippen LogP contribution >= 0.6 is 0 Å². The highest BCUT2D eigenvalue weighted by Crippen LogP contribution is 2.46. The van der Waals surface area contributed by atoms with E-state index in [0.717, 1.165) is 11.1 Å². The molecule has 6 rings (SSSR count). The number of likely N-dealkylation sites (N-methyl/N-ethyl adjacent to an activating group) is 1. The lowest BCUT2D eigenvalue weighted by Gasteiger charge is -2.23. The largest absolute Gasteiger partial charge is 0.404 e. The molecule has 11 nitrogen and oxygen atoms in total. The Bertz CT molecular complexity index is 1660. The van der Waals surface area contributed by atoms with Crippen molar-refractivity contribution in [1.82, 2.24) is 14.5 Å². The molecule has 1 unspecified atom stereocenters. The maximum Gasteiger partial charge on any atom is 0.330 e. The molecule has 3 aliphatic rings. The minimum Gasteiger partial charge on any atom is -0.404 e. The smallest absolute Gasteiger partial charge is 0.330 e. The number of aromatic nitrogens is 2. The number of amides is 3. The van der Waals surface area contributed by atoms with E-state index in [1.54, 1.807) is 38.4 Å². The molecule has 1 atom stereocenters. The molecular weight excluding hydrogens is 474 g/mol. The Morgan fingerprint density at radius 1 is 1.19 bits per heavy atom. The van der Waals surface area contributed by atoms with Gasteiger partial charge in [-0.25, -0.2) is 4.79 Å². The maximum absolute atomic E-state index is 13.1. The zero-order valence-corrected chi connectivity index (χ0v) is 20.4. The Morgan fingerprint density at radius 3 is 2.73 bits per heavy atom. The molecule has 2 aliphatic heterocycles. The summed E-state index contributed by atoms with van der Waals surface area (Å²) in [5.41, 5.74) is 9.71. The zero-order chi connectivity index (χ0) is 26.1. The van der Waals surface area contributed by atoms with Gasteiger partial charge in [-0.05, 0) is 48.2 Å². The van der Waals surface area contributed by atoms with Gasteiger partial charge >= 0.3 is 5.69 Å². The first-order chi connectivity index (χ1) is 17.8.